The molecule has 5 aromatic rings. The molecule has 0 radical (unpaired) electrons. The minimum absolute atomic E-state index is 0.00697. The zero-order valence-corrected chi connectivity index (χ0v) is 21.6. The first-order valence-corrected chi connectivity index (χ1v) is 13.7. The third-order valence-electron chi connectivity index (χ3n) is 6.24. The number of sulfonamides is 1. The molecule has 3 aromatic carbocycles. The fraction of sp³-hybridized carbons (Fsp3) is 0.222. The van der Waals surface area contributed by atoms with Crippen molar-refractivity contribution >= 4 is 26.7 Å². The van der Waals surface area contributed by atoms with Crippen LogP contribution in [0.3, 0.4) is 0 Å². The summed E-state index contributed by atoms with van der Waals surface area (Å²) in [5.74, 6) is -1.46. The highest BCUT2D eigenvalue weighted by Gasteiger charge is 2.23. The number of halogens is 2. The quantitative estimate of drug-likeness (QED) is 0.301. The molecule has 11 heteroatoms. The van der Waals surface area contributed by atoms with Crippen LogP contribution < -0.4 is 5.56 Å². The Bertz CT molecular complexity index is 1810. The van der Waals surface area contributed by atoms with Gasteiger partial charge in [0.05, 0.1) is 21.4 Å². The van der Waals surface area contributed by atoms with Gasteiger partial charge in [-0.05, 0) is 60.4 Å². The highest BCUT2D eigenvalue weighted by atomic mass is 32.2. The molecule has 8 nitrogen and oxygen atoms in total. The van der Waals surface area contributed by atoms with Crippen molar-refractivity contribution in [2.24, 2.45) is 0 Å². The van der Waals surface area contributed by atoms with Gasteiger partial charge in [0, 0.05) is 19.2 Å². The van der Waals surface area contributed by atoms with Gasteiger partial charge < -0.3 is 0 Å². The fourth-order valence-electron chi connectivity index (χ4n) is 4.38. The summed E-state index contributed by atoms with van der Waals surface area (Å²) in [7, 11) is -3.60. The van der Waals surface area contributed by atoms with Crippen molar-refractivity contribution in [3.05, 3.63) is 82.7 Å². The predicted molar refractivity (Wildman–Crippen MR) is 141 cm³/mol. The number of nitrogens with zero attached hydrogens (tertiary/aromatic N) is 4. The molecule has 0 saturated heterocycles. The van der Waals surface area contributed by atoms with Crippen LogP contribution in [0.4, 0.5) is 8.78 Å². The predicted octanol–water partition coefficient (Wildman–Crippen LogP) is 4.99. The van der Waals surface area contributed by atoms with Crippen LogP contribution in [0.1, 0.15) is 26.7 Å². The molecule has 0 atom stereocenters. The van der Waals surface area contributed by atoms with Crippen LogP contribution >= 0.6 is 0 Å². The van der Waals surface area contributed by atoms with E-state index in [0.29, 0.717) is 24.0 Å². The summed E-state index contributed by atoms with van der Waals surface area (Å²) in [4.78, 5) is 22.0. The molecule has 38 heavy (non-hydrogen) atoms. The number of nitrogens with one attached hydrogen (secondary N) is 1. The minimum Gasteiger partial charge on any atom is -0.271 e. The highest BCUT2D eigenvalue weighted by Crippen LogP contribution is 2.26. The Morgan fingerprint density at radius 3 is 2.24 bits per heavy atom. The van der Waals surface area contributed by atoms with Gasteiger partial charge in [-0.1, -0.05) is 32.0 Å². The maximum atomic E-state index is 14.3. The van der Waals surface area contributed by atoms with E-state index in [0.717, 1.165) is 40.6 Å². The lowest BCUT2D eigenvalue weighted by Crippen LogP contribution is -2.32. The van der Waals surface area contributed by atoms with Crippen molar-refractivity contribution in [1.29, 1.82) is 0 Å². The van der Waals surface area contributed by atoms with E-state index >= 15 is 0 Å². The van der Waals surface area contributed by atoms with Crippen LogP contribution in [0, 0.1) is 11.6 Å². The Hall–Kier alpha value is -3.96. The summed E-state index contributed by atoms with van der Waals surface area (Å²) >= 11 is 0. The molecular weight excluding hydrogens is 512 g/mol. The van der Waals surface area contributed by atoms with Crippen molar-refractivity contribution in [3.8, 4) is 22.5 Å². The number of benzene rings is 3. The first-order chi connectivity index (χ1) is 18.2. The lowest BCUT2D eigenvalue weighted by atomic mass is 10.0. The smallest absolute Gasteiger partial charge is 0.271 e. The number of hydrogen-bond acceptors (Lipinski definition) is 5. The third-order valence-corrected chi connectivity index (χ3v) is 8.15. The molecule has 0 aliphatic heterocycles. The van der Waals surface area contributed by atoms with Crippen LogP contribution in [0.25, 0.3) is 39.2 Å². The van der Waals surface area contributed by atoms with Crippen molar-refractivity contribution in [1.82, 2.24) is 23.9 Å². The number of rotatable bonds is 8. The molecule has 1 N–H and O–H groups in total. The van der Waals surface area contributed by atoms with Crippen molar-refractivity contribution in [2.45, 2.75) is 31.6 Å². The van der Waals surface area contributed by atoms with Crippen LogP contribution in [0.2, 0.25) is 0 Å². The number of aromatic amines is 1. The number of hydrogen-bond donors (Lipinski definition) is 1. The molecule has 0 aliphatic rings. The molecule has 0 fully saturated rings. The molecule has 5 rings (SSSR count). The van der Waals surface area contributed by atoms with E-state index in [1.165, 1.54) is 10.4 Å². The van der Waals surface area contributed by atoms with E-state index in [2.05, 4.69) is 15.1 Å². The lowest BCUT2D eigenvalue weighted by Gasteiger charge is -2.21. The molecule has 196 valence electrons. The zero-order valence-electron chi connectivity index (χ0n) is 20.8. The second-order valence-electron chi connectivity index (χ2n) is 8.91. The monoisotopic (exact) mass is 537 g/mol. The van der Waals surface area contributed by atoms with E-state index in [1.807, 2.05) is 13.8 Å². The van der Waals surface area contributed by atoms with Crippen LogP contribution in [-0.4, -0.2) is 45.4 Å². The maximum Gasteiger partial charge on any atom is 0.281 e. The average molecular weight is 538 g/mol. The number of aromatic nitrogens is 4. The Labute approximate surface area is 217 Å². The van der Waals surface area contributed by atoms with Crippen LogP contribution in [-0.2, 0) is 10.0 Å². The third kappa shape index (κ3) is 4.59. The van der Waals surface area contributed by atoms with Gasteiger partial charge in [0.2, 0.25) is 10.0 Å². The fourth-order valence-corrected chi connectivity index (χ4v) is 6.01. The van der Waals surface area contributed by atoms with Gasteiger partial charge in [0.15, 0.2) is 5.82 Å². The first-order valence-electron chi connectivity index (χ1n) is 12.2. The summed E-state index contributed by atoms with van der Waals surface area (Å²) in [6.45, 7) is 4.81. The van der Waals surface area contributed by atoms with Gasteiger partial charge in [-0.25, -0.2) is 22.2 Å². The van der Waals surface area contributed by atoms with Gasteiger partial charge >= 0.3 is 0 Å². The van der Waals surface area contributed by atoms with E-state index < -0.39 is 27.2 Å². The molecule has 0 spiro atoms. The standard InChI is InChI=1S/C27H25F2N5O3S/c1-3-13-33(14-4-2)38(36,37)20-9-5-17(6-10-20)18-7-11-22-24(15-18)30-27-31-25(32-34(27)26(22)35)21-12-8-19(28)16-23(21)29/h5-12,15-16H,3-4,13-14H2,1-2H3,(H,30,31,32). The molecule has 0 saturated carbocycles. The molecule has 2 aromatic heterocycles. The topological polar surface area (TPSA) is 100 Å². The summed E-state index contributed by atoms with van der Waals surface area (Å²) in [6, 6.07) is 14.8. The molecule has 0 amide bonds. The molecule has 0 aliphatic carbocycles. The average Bonchev–Trinajstić information content (AvgIpc) is 3.32. The summed E-state index contributed by atoms with van der Waals surface area (Å²) in [5.41, 5.74) is 1.44. The van der Waals surface area contributed by atoms with Gasteiger partial charge in [0.1, 0.15) is 11.6 Å². The normalized spacial score (nSPS) is 12.1. The van der Waals surface area contributed by atoms with Gasteiger partial charge in [-0.15, -0.1) is 0 Å². The first kappa shape index (κ1) is 25.7. The van der Waals surface area contributed by atoms with Gasteiger partial charge in [-0.3, -0.25) is 9.89 Å². The van der Waals surface area contributed by atoms with Crippen LogP contribution in [0.15, 0.2) is 70.4 Å². The SMILES string of the molecule is CCCN(CCC)S(=O)(=O)c1ccc(-c2ccc3c(=O)n4[nH]c(-c5ccc(F)cc5F)nc4nc3c2)cc1. The summed E-state index contributed by atoms with van der Waals surface area (Å²) in [5, 5.41) is 3.05. The van der Waals surface area contributed by atoms with Crippen molar-refractivity contribution < 1.29 is 17.2 Å². The maximum absolute atomic E-state index is 14.3. The molecular formula is C27H25F2N5O3S. The lowest BCUT2D eigenvalue weighted by molar-refractivity contribution is 0.410. The van der Waals surface area contributed by atoms with Crippen molar-refractivity contribution in [2.75, 3.05) is 13.1 Å². The second-order valence-corrected chi connectivity index (χ2v) is 10.8. The summed E-state index contributed by atoms with van der Waals surface area (Å²) < 4.78 is 56.3. The molecule has 2 heterocycles. The zero-order chi connectivity index (χ0) is 27.0. The van der Waals surface area contributed by atoms with E-state index in [-0.39, 0.29) is 22.1 Å². The second kappa shape index (κ2) is 10.1. The van der Waals surface area contributed by atoms with E-state index in [1.54, 1.807) is 42.5 Å². The molecule has 0 unspecified atom stereocenters. The Kier molecular flexibility index (Phi) is 6.80. The number of fused-ring (bicyclic) bond motifs is 2. The van der Waals surface area contributed by atoms with Gasteiger partial charge in [0.25, 0.3) is 11.3 Å². The van der Waals surface area contributed by atoms with Crippen molar-refractivity contribution in [3.63, 3.8) is 0 Å². The van der Waals surface area contributed by atoms with E-state index in [4.69, 9.17) is 0 Å². The summed E-state index contributed by atoms with van der Waals surface area (Å²) in [6.07, 6.45) is 1.45. The Morgan fingerprint density at radius 2 is 1.58 bits per heavy atom. The highest BCUT2D eigenvalue weighted by molar-refractivity contribution is 7.89. The van der Waals surface area contributed by atoms with Crippen LogP contribution in [0.5, 0.6) is 0 Å². The molecule has 0 bridgehead atoms. The Morgan fingerprint density at radius 1 is 0.895 bits per heavy atom. The Balaban J connectivity index is 1.52. The number of H-pyrrole nitrogens is 1. The minimum atomic E-state index is -3.60. The largest absolute Gasteiger partial charge is 0.281 e. The van der Waals surface area contributed by atoms with Gasteiger partial charge in [-0.2, -0.15) is 13.8 Å². The van der Waals surface area contributed by atoms with E-state index in [9.17, 15) is 22.0 Å².